The molecular weight excluding hydrogens is 382 g/mol. The SMILES string of the molecule is CCCCCC1CCC(CCc2ccc(C#Cc3ccc(N=C=S)cc3)cc2)CC1. The maximum atomic E-state index is 4.63. The second-order valence-corrected chi connectivity index (χ2v) is 8.80. The zero-order valence-corrected chi connectivity index (χ0v) is 19.0. The Morgan fingerprint density at radius 1 is 0.800 bits per heavy atom. The van der Waals surface area contributed by atoms with Gasteiger partial charge in [0.15, 0.2) is 0 Å². The van der Waals surface area contributed by atoms with Crippen LogP contribution in [0.1, 0.15) is 81.4 Å². The zero-order valence-electron chi connectivity index (χ0n) is 18.2. The molecule has 1 aliphatic rings. The third kappa shape index (κ3) is 7.56. The van der Waals surface area contributed by atoms with E-state index in [0.29, 0.717) is 0 Å². The normalized spacial score (nSPS) is 18.2. The molecule has 1 saturated carbocycles. The Hall–Kier alpha value is -2.20. The average Bonchev–Trinajstić information content (AvgIpc) is 2.79. The van der Waals surface area contributed by atoms with Crippen LogP contribution in [-0.4, -0.2) is 5.16 Å². The van der Waals surface area contributed by atoms with Gasteiger partial charge in [-0.05, 0) is 78.9 Å². The van der Waals surface area contributed by atoms with Crippen LogP contribution in [0.3, 0.4) is 0 Å². The lowest BCUT2D eigenvalue weighted by Crippen LogP contribution is -2.15. The van der Waals surface area contributed by atoms with Gasteiger partial charge in [0.1, 0.15) is 0 Å². The molecule has 30 heavy (non-hydrogen) atoms. The van der Waals surface area contributed by atoms with Crippen molar-refractivity contribution in [3.63, 3.8) is 0 Å². The van der Waals surface area contributed by atoms with E-state index in [-0.39, 0.29) is 0 Å². The molecular formula is C28H33NS. The molecule has 156 valence electrons. The second-order valence-electron chi connectivity index (χ2n) is 8.62. The summed E-state index contributed by atoms with van der Waals surface area (Å²) < 4.78 is 0. The van der Waals surface area contributed by atoms with Crippen LogP contribution >= 0.6 is 12.2 Å². The molecule has 0 aromatic heterocycles. The molecule has 0 saturated heterocycles. The van der Waals surface area contributed by atoms with Crippen LogP contribution in [0.5, 0.6) is 0 Å². The highest BCUT2D eigenvalue weighted by Crippen LogP contribution is 2.34. The highest BCUT2D eigenvalue weighted by molar-refractivity contribution is 7.78. The summed E-state index contributed by atoms with van der Waals surface area (Å²) >= 11 is 4.63. The Balaban J connectivity index is 1.43. The van der Waals surface area contributed by atoms with E-state index in [2.05, 4.69) is 65.4 Å². The van der Waals surface area contributed by atoms with Gasteiger partial charge >= 0.3 is 0 Å². The summed E-state index contributed by atoms with van der Waals surface area (Å²) in [5.41, 5.74) is 4.29. The highest BCUT2D eigenvalue weighted by atomic mass is 32.1. The van der Waals surface area contributed by atoms with Gasteiger partial charge in [0.25, 0.3) is 0 Å². The first-order chi connectivity index (χ1) is 14.8. The van der Waals surface area contributed by atoms with Crippen LogP contribution in [0.2, 0.25) is 0 Å². The van der Waals surface area contributed by atoms with Crippen LogP contribution < -0.4 is 0 Å². The molecule has 0 N–H and O–H groups in total. The second kappa shape index (κ2) is 12.5. The van der Waals surface area contributed by atoms with Crippen molar-refractivity contribution >= 4 is 23.1 Å². The van der Waals surface area contributed by atoms with Crippen molar-refractivity contribution in [3.8, 4) is 11.8 Å². The Kier molecular flexibility index (Phi) is 9.36. The Bertz CT molecular complexity index is 871. The molecule has 2 aromatic rings. The van der Waals surface area contributed by atoms with Gasteiger partial charge in [-0.2, -0.15) is 4.99 Å². The van der Waals surface area contributed by atoms with Crippen molar-refractivity contribution in [1.82, 2.24) is 0 Å². The zero-order chi connectivity index (χ0) is 21.0. The van der Waals surface area contributed by atoms with Gasteiger partial charge < -0.3 is 0 Å². The molecule has 0 unspecified atom stereocenters. The minimum absolute atomic E-state index is 0.810. The molecule has 3 rings (SSSR count). The minimum Gasteiger partial charge on any atom is -0.195 e. The number of nitrogens with zero attached hydrogens (tertiary/aromatic N) is 1. The first-order valence-corrected chi connectivity index (χ1v) is 12.0. The first-order valence-electron chi connectivity index (χ1n) is 11.6. The van der Waals surface area contributed by atoms with Crippen LogP contribution in [0.15, 0.2) is 53.5 Å². The number of aryl methyl sites for hydroxylation is 1. The van der Waals surface area contributed by atoms with Crippen molar-refractivity contribution in [2.45, 2.75) is 71.1 Å². The Morgan fingerprint density at radius 2 is 1.37 bits per heavy atom. The van der Waals surface area contributed by atoms with Gasteiger partial charge in [-0.25, -0.2) is 0 Å². The summed E-state index contributed by atoms with van der Waals surface area (Å²) in [7, 11) is 0. The molecule has 1 aliphatic carbocycles. The largest absolute Gasteiger partial charge is 0.195 e. The van der Waals surface area contributed by atoms with Gasteiger partial charge in [-0.15, -0.1) is 0 Å². The van der Waals surface area contributed by atoms with Crippen LogP contribution in [0.25, 0.3) is 0 Å². The smallest absolute Gasteiger partial charge is 0.0740 e. The first kappa shape index (κ1) is 22.5. The molecule has 1 fully saturated rings. The number of thiocarbonyl (C=S) groups is 1. The Morgan fingerprint density at radius 3 is 1.93 bits per heavy atom. The predicted octanol–water partition coefficient (Wildman–Crippen LogP) is 8.14. The van der Waals surface area contributed by atoms with E-state index in [0.717, 1.165) is 28.7 Å². The molecule has 0 atom stereocenters. The lowest BCUT2D eigenvalue weighted by molar-refractivity contribution is 0.249. The van der Waals surface area contributed by atoms with Crippen LogP contribution in [-0.2, 0) is 6.42 Å². The molecule has 2 aromatic carbocycles. The molecule has 0 amide bonds. The lowest BCUT2D eigenvalue weighted by Gasteiger charge is -2.28. The standard InChI is InChI=1S/C28H33NS/c1-2-3-4-5-23-6-8-24(9-7-23)10-11-25-12-14-26(15-13-25)16-17-27-18-20-28(21-19-27)29-22-30/h12-15,18-21,23-24H,2-11H2,1H3. The van der Waals surface area contributed by atoms with E-state index in [4.69, 9.17) is 0 Å². The molecule has 0 aliphatic heterocycles. The summed E-state index contributed by atoms with van der Waals surface area (Å²) in [4.78, 5) is 3.96. The van der Waals surface area contributed by atoms with Crippen molar-refractivity contribution < 1.29 is 0 Å². The van der Waals surface area contributed by atoms with Gasteiger partial charge in [0, 0.05) is 11.1 Å². The average molecular weight is 416 g/mol. The van der Waals surface area contributed by atoms with Gasteiger partial charge in [0.05, 0.1) is 10.8 Å². The van der Waals surface area contributed by atoms with Gasteiger partial charge in [0.2, 0.25) is 0 Å². The molecule has 0 bridgehead atoms. The summed E-state index contributed by atoms with van der Waals surface area (Å²) in [5, 5.41) is 2.38. The number of isothiocyanates is 1. The molecule has 0 heterocycles. The molecule has 2 heteroatoms. The molecule has 0 spiro atoms. The van der Waals surface area contributed by atoms with E-state index in [1.165, 1.54) is 69.8 Å². The fourth-order valence-electron chi connectivity index (χ4n) is 4.43. The number of aliphatic imine (C=N–C) groups is 1. The van der Waals surface area contributed by atoms with Gasteiger partial charge in [-0.3, -0.25) is 0 Å². The lowest BCUT2D eigenvalue weighted by atomic mass is 9.78. The third-order valence-electron chi connectivity index (χ3n) is 6.37. The number of benzene rings is 2. The van der Waals surface area contributed by atoms with Crippen molar-refractivity contribution in [2.24, 2.45) is 16.8 Å². The number of rotatable bonds is 8. The van der Waals surface area contributed by atoms with Crippen LogP contribution in [0, 0.1) is 23.7 Å². The topological polar surface area (TPSA) is 12.4 Å². The van der Waals surface area contributed by atoms with E-state index < -0.39 is 0 Å². The summed E-state index contributed by atoms with van der Waals surface area (Å²) in [6, 6.07) is 16.5. The highest BCUT2D eigenvalue weighted by Gasteiger charge is 2.20. The van der Waals surface area contributed by atoms with Crippen molar-refractivity contribution in [3.05, 3.63) is 65.2 Å². The molecule has 0 radical (unpaired) electrons. The Labute approximate surface area is 188 Å². The summed E-state index contributed by atoms with van der Waals surface area (Å²) in [5.74, 6) is 8.41. The van der Waals surface area contributed by atoms with Crippen molar-refractivity contribution in [2.75, 3.05) is 0 Å². The fraction of sp³-hybridized carbons (Fsp3) is 0.464. The monoisotopic (exact) mass is 415 g/mol. The van der Waals surface area contributed by atoms with Crippen LogP contribution in [0.4, 0.5) is 5.69 Å². The van der Waals surface area contributed by atoms with E-state index in [1.807, 2.05) is 24.3 Å². The molecule has 1 nitrogen and oxygen atoms in total. The van der Waals surface area contributed by atoms with E-state index in [9.17, 15) is 0 Å². The van der Waals surface area contributed by atoms with Crippen molar-refractivity contribution in [1.29, 1.82) is 0 Å². The predicted molar refractivity (Wildman–Crippen MR) is 131 cm³/mol. The number of hydrogen-bond donors (Lipinski definition) is 0. The number of unbranched alkanes of at least 4 members (excludes halogenated alkanes) is 2. The maximum Gasteiger partial charge on any atom is 0.0740 e. The summed E-state index contributed by atoms with van der Waals surface area (Å²) in [6.07, 6.45) is 14.0. The number of hydrogen-bond acceptors (Lipinski definition) is 2. The maximum absolute atomic E-state index is 4.63. The van der Waals surface area contributed by atoms with Gasteiger partial charge in [-0.1, -0.05) is 82.3 Å². The minimum atomic E-state index is 0.810. The summed E-state index contributed by atoms with van der Waals surface area (Å²) in [6.45, 7) is 2.30. The third-order valence-corrected chi connectivity index (χ3v) is 6.46. The quantitative estimate of drug-likeness (QED) is 0.183. The van der Waals surface area contributed by atoms with E-state index in [1.54, 1.807) is 0 Å². The van der Waals surface area contributed by atoms with E-state index >= 15 is 0 Å². The fourth-order valence-corrected chi connectivity index (χ4v) is 4.54.